The van der Waals surface area contributed by atoms with Gasteiger partial charge in [0, 0.05) is 0 Å². The van der Waals surface area contributed by atoms with E-state index in [-0.39, 0.29) is 11.0 Å². The minimum atomic E-state index is -1.06. The van der Waals surface area contributed by atoms with Gasteiger partial charge in [0.1, 0.15) is 0 Å². The molecule has 0 atom stereocenters. The molecule has 0 saturated carbocycles. The van der Waals surface area contributed by atoms with Crippen LogP contribution in [0.25, 0.3) is 0 Å². The third-order valence-electron chi connectivity index (χ3n) is 0. The Balaban J connectivity index is -0.0000000533. The second-order valence-electron chi connectivity index (χ2n) is 1.87. The molecular weight excluding hydrogens is 1100 g/mol. The Morgan fingerprint density at radius 3 is 0.333 bits per heavy atom. The molecule has 0 spiro atoms. The van der Waals surface area contributed by atoms with Crippen molar-refractivity contribution in [3.05, 3.63) is 0 Å². The Morgan fingerprint density at radius 2 is 0.333 bits per heavy atom. The summed E-state index contributed by atoms with van der Waals surface area (Å²) >= 11 is 33.2. The van der Waals surface area contributed by atoms with Gasteiger partial charge in [-0.3, -0.25) is 0 Å². The van der Waals surface area contributed by atoms with E-state index in [9.17, 15) is 0 Å². The topological polar surface area (TPSA) is 80.9 Å². The minimum absolute atomic E-state index is 0. The van der Waals surface area contributed by atoms with Crippen molar-refractivity contribution in [2.75, 3.05) is 0 Å². The Morgan fingerprint density at radius 1 is 0.333 bits per heavy atom. The SMILES string of the molecule is OC(Br)(Br)Br.OC(Br)(Br)Br.OC(Br)(Br)Br.OC(Br)(Br)Br.[SiH4]. The quantitative estimate of drug-likeness (QED) is 0.187. The second kappa shape index (κ2) is 17.9. The molecule has 0 amide bonds. The van der Waals surface area contributed by atoms with Gasteiger partial charge in [-0.15, -0.1) is 0 Å². The van der Waals surface area contributed by atoms with E-state index < -0.39 is 9.32 Å². The first-order valence-corrected chi connectivity index (χ1v) is 12.7. The summed E-state index contributed by atoms with van der Waals surface area (Å²) in [7, 11) is 0. The van der Waals surface area contributed by atoms with Crippen molar-refractivity contribution in [3.8, 4) is 0 Å². The van der Waals surface area contributed by atoms with Gasteiger partial charge in [-0.25, -0.2) is 0 Å². The molecule has 4 N–H and O–H groups in total. The van der Waals surface area contributed by atoms with Crippen LogP contribution in [0.4, 0.5) is 0 Å². The second-order valence-corrected chi connectivity index (χ2v) is 28.4. The monoisotopic (exact) mass is 1100 g/mol. The molecule has 17 heteroatoms. The van der Waals surface area contributed by atoms with Crippen molar-refractivity contribution in [1.82, 2.24) is 0 Å². The summed E-state index contributed by atoms with van der Waals surface area (Å²) in [5, 5.41) is 33.1. The van der Waals surface area contributed by atoms with Crippen LogP contribution >= 0.6 is 191 Å². The van der Waals surface area contributed by atoms with Crippen LogP contribution in [-0.4, -0.2) is 40.7 Å². The fourth-order valence-electron chi connectivity index (χ4n) is 0. The van der Waals surface area contributed by atoms with Crippen molar-refractivity contribution >= 4 is 202 Å². The standard InChI is InChI=1S/4CHBr3O.H4Si/c4*2-1(3,4)5;/h4*5H;1H4. The number of hydrogen-bond acceptors (Lipinski definition) is 4. The lowest BCUT2D eigenvalue weighted by atomic mass is 11.7. The molecular formula is C4H8Br12O4Si. The fourth-order valence-corrected chi connectivity index (χ4v) is 0. The average Bonchev–Trinajstić information content (AvgIpc) is 1.62. The van der Waals surface area contributed by atoms with Gasteiger partial charge in [0.2, 0.25) is 9.32 Å². The van der Waals surface area contributed by atoms with E-state index >= 15 is 0 Å². The fraction of sp³-hybridized carbons (Fsp3) is 1.00. The number of hydrogen-bond donors (Lipinski definition) is 4. The Kier molecular flexibility index (Phi) is 32.0. The summed E-state index contributed by atoms with van der Waals surface area (Å²) in [4.78, 5) is 0. The van der Waals surface area contributed by atoms with Gasteiger partial charge in [0.15, 0.2) is 0 Å². The van der Waals surface area contributed by atoms with E-state index in [1.54, 1.807) is 0 Å². The van der Waals surface area contributed by atoms with Crippen LogP contribution in [0.3, 0.4) is 0 Å². The molecule has 0 aliphatic rings. The molecule has 0 radical (unpaired) electrons. The van der Waals surface area contributed by atoms with E-state index in [1.807, 2.05) is 0 Å². The molecule has 0 aliphatic carbocycles. The molecule has 0 aliphatic heterocycles. The van der Waals surface area contributed by atoms with Crippen molar-refractivity contribution in [3.63, 3.8) is 0 Å². The Labute approximate surface area is 227 Å². The molecule has 136 valence electrons. The number of rotatable bonds is 0. The zero-order chi connectivity index (χ0) is 18.0. The summed E-state index contributed by atoms with van der Waals surface area (Å²) in [6.07, 6.45) is 0. The lowest BCUT2D eigenvalue weighted by Gasteiger charge is -1.95. The summed E-state index contributed by atoms with van der Waals surface area (Å²) in [6.45, 7) is 0. The molecule has 0 rings (SSSR count). The molecule has 21 heavy (non-hydrogen) atoms. The Hall–Kier alpha value is 5.82. The summed E-state index contributed by atoms with van der Waals surface area (Å²) in [5.41, 5.74) is 0. The summed E-state index contributed by atoms with van der Waals surface area (Å²) < 4.78 is -4.25. The normalized spacial score (nSPS) is 11.4. The van der Waals surface area contributed by atoms with Crippen LogP contribution in [0, 0.1) is 0 Å². The van der Waals surface area contributed by atoms with E-state index in [1.165, 1.54) is 0 Å². The third kappa shape index (κ3) is 433. The molecule has 0 saturated heterocycles. The molecule has 0 unspecified atom stereocenters. The lowest BCUT2D eigenvalue weighted by molar-refractivity contribution is 0.335. The molecule has 0 fully saturated rings. The van der Waals surface area contributed by atoms with Crippen molar-refractivity contribution in [2.45, 2.75) is 9.32 Å². The first-order chi connectivity index (χ1) is 8.00. The van der Waals surface area contributed by atoms with Crippen molar-refractivity contribution < 1.29 is 20.4 Å². The highest BCUT2D eigenvalue weighted by Crippen LogP contribution is 2.29. The van der Waals surface area contributed by atoms with E-state index in [4.69, 9.17) is 20.4 Å². The number of aliphatic hydroxyl groups is 4. The summed E-state index contributed by atoms with van der Waals surface area (Å²) in [6, 6.07) is 0. The smallest absolute Gasteiger partial charge is 0.231 e. The first-order valence-electron chi connectivity index (χ1n) is 3.16. The molecule has 0 aromatic carbocycles. The van der Waals surface area contributed by atoms with Crippen molar-refractivity contribution in [2.24, 2.45) is 0 Å². The molecule has 0 heterocycles. The van der Waals surface area contributed by atoms with Crippen LogP contribution in [0.1, 0.15) is 0 Å². The predicted octanol–water partition coefficient (Wildman–Crippen LogP) is 5.65. The van der Waals surface area contributed by atoms with E-state index in [0.717, 1.165) is 0 Å². The van der Waals surface area contributed by atoms with E-state index in [0.29, 0.717) is 0 Å². The van der Waals surface area contributed by atoms with Gasteiger partial charge >= 0.3 is 0 Å². The van der Waals surface area contributed by atoms with Gasteiger partial charge in [-0.2, -0.15) is 0 Å². The largest absolute Gasteiger partial charge is 0.361 e. The van der Waals surface area contributed by atoms with Crippen LogP contribution in [0.5, 0.6) is 0 Å². The first kappa shape index (κ1) is 37.6. The van der Waals surface area contributed by atoms with Crippen LogP contribution in [-0.2, 0) is 0 Å². The number of alkyl halides is 12. The Bertz CT molecular complexity index is 143. The predicted molar refractivity (Wildman–Crippen MR) is 138 cm³/mol. The van der Waals surface area contributed by atoms with Gasteiger partial charge in [0.05, 0.1) is 0 Å². The highest BCUT2D eigenvalue weighted by molar-refractivity contribution is 9.40. The summed E-state index contributed by atoms with van der Waals surface area (Å²) in [5.74, 6) is 0. The number of halogens is 12. The molecule has 0 aromatic heterocycles. The van der Waals surface area contributed by atoms with E-state index in [2.05, 4.69) is 191 Å². The highest BCUT2D eigenvalue weighted by Gasteiger charge is 2.09. The van der Waals surface area contributed by atoms with Gasteiger partial charge in [0.25, 0.3) is 0 Å². The zero-order valence-electron chi connectivity index (χ0n) is 8.32. The third-order valence-corrected chi connectivity index (χ3v) is 0. The maximum Gasteiger partial charge on any atom is 0.231 e. The lowest BCUT2D eigenvalue weighted by Crippen LogP contribution is -1.91. The average molecular weight is 1110 g/mol. The van der Waals surface area contributed by atoms with Gasteiger partial charge < -0.3 is 20.4 Å². The molecule has 0 bridgehead atoms. The molecule has 0 aromatic rings. The zero-order valence-corrected chi connectivity index (χ0v) is 27.4. The van der Waals surface area contributed by atoms with Crippen LogP contribution < -0.4 is 0 Å². The van der Waals surface area contributed by atoms with Gasteiger partial charge in [-0.1, -0.05) is 0 Å². The maximum atomic E-state index is 8.27. The van der Waals surface area contributed by atoms with Crippen LogP contribution in [0.15, 0.2) is 0 Å². The van der Waals surface area contributed by atoms with Crippen molar-refractivity contribution in [1.29, 1.82) is 0 Å². The minimum Gasteiger partial charge on any atom is -0.361 e. The van der Waals surface area contributed by atoms with Gasteiger partial charge in [-0.05, 0) is 202 Å². The van der Waals surface area contributed by atoms with Crippen LogP contribution in [0.2, 0.25) is 0 Å². The highest BCUT2D eigenvalue weighted by atomic mass is 80.0. The maximum absolute atomic E-state index is 8.27. The molecule has 4 nitrogen and oxygen atoms in total.